The molecule has 0 aliphatic heterocycles. The van der Waals surface area contributed by atoms with Gasteiger partial charge in [0.15, 0.2) is 0 Å². The van der Waals surface area contributed by atoms with Crippen molar-refractivity contribution in [1.29, 1.82) is 0 Å². The molecular formula is C14H19NO2Y. The third-order valence-electron chi connectivity index (χ3n) is 3.53. The third kappa shape index (κ3) is 3.13. The topological polar surface area (TPSA) is 38.3 Å². The molecule has 0 heterocycles. The number of anilines is 1. The number of rotatable bonds is 3. The standard InChI is InChI=1S/C14H19NO2.Y/c1-9-7-11(17-4)8-10(2)12(9)15-13(16)14(3)5-6-14;/h7-8H,5-6H2,1-4H3,(H,15,16);. The van der Waals surface area contributed by atoms with E-state index in [0.717, 1.165) is 35.4 Å². The molecule has 1 aromatic carbocycles. The first-order chi connectivity index (χ1) is 7.96. The number of methoxy groups -OCH3 is 1. The molecule has 0 saturated heterocycles. The summed E-state index contributed by atoms with van der Waals surface area (Å²) in [5.41, 5.74) is 2.86. The average molecular weight is 322 g/mol. The van der Waals surface area contributed by atoms with E-state index in [1.54, 1.807) is 7.11 Å². The van der Waals surface area contributed by atoms with Gasteiger partial charge in [0.2, 0.25) is 5.91 Å². The number of ether oxygens (including phenoxy) is 1. The molecule has 0 aromatic heterocycles. The van der Waals surface area contributed by atoms with E-state index in [1.807, 2.05) is 32.9 Å². The van der Waals surface area contributed by atoms with E-state index in [-0.39, 0.29) is 44.0 Å². The molecule has 0 spiro atoms. The van der Waals surface area contributed by atoms with Crippen molar-refractivity contribution in [3.63, 3.8) is 0 Å². The van der Waals surface area contributed by atoms with Crippen LogP contribution in [0.3, 0.4) is 0 Å². The predicted octanol–water partition coefficient (Wildman–Crippen LogP) is 3.05. The molecule has 1 aliphatic carbocycles. The van der Waals surface area contributed by atoms with E-state index in [2.05, 4.69) is 5.32 Å². The second kappa shape index (κ2) is 5.71. The molecule has 1 aliphatic rings. The summed E-state index contributed by atoms with van der Waals surface area (Å²) in [6, 6.07) is 3.88. The molecule has 95 valence electrons. The van der Waals surface area contributed by atoms with Crippen molar-refractivity contribution in [2.45, 2.75) is 33.6 Å². The molecule has 3 nitrogen and oxygen atoms in total. The first kappa shape index (κ1) is 15.7. The first-order valence-corrected chi connectivity index (χ1v) is 5.93. The van der Waals surface area contributed by atoms with Gasteiger partial charge in [0.25, 0.3) is 0 Å². The zero-order chi connectivity index (χ0) is 12.6. The molecule has 0 unspecified atom stereocenters. The Labute approximate surface area is 134 Å². The summed E-state index contributed by atoms with van der Waals surface area (Å²) >= 11 is 0. The van der Waals surface area contributed by atoms with Gasteiger partial charge in [-0.15, -0.1) is 0 Å². The van der Waals surface area contributed by atoms with E-state index in [1.165, 1.54) is 0 Å². The molecule has 1 saturated carbocycles. The number of hydrogen-bond donors (Lipinski definition) is 1. The van der Waals surface area contributed by atoms with Crippen molar-refractivity contribution in [3.05, 3.63) is 23.3 Å². The third-order valence-corrected chi connectivity index (χ3v) is 3.53. The Bertz CT molecular complexity index is 444. The van der Waals surface area contributed by atoms with Crippen LogP contribution in [-0.2, 0) is 37.5 Å². The summed E-state index contributed by atoms with van der Waals surface area (Å²) in [7, 11) is 1.65. The molecule has 0 bridgehead atoms. The zero-order valence-electron chi connectivity index (χ0n) is 11.5. The maximum absolute atomic E-state index is 12.0. The number of carbonyl (C=O) groups is 1. The van der Waals surface area contributed by atoms with Gasteiger partial charge < -0.3 is 10.1 Å². The quantitative estimate of drug-likeness (QED) is 0.929. The Hall–Kier alpha value is -0.406. The Morgan fingerprint density at radius 2 is 1.78 bits per heavy atom. The van der Waals surface area contributed by atoms with Gasteiger partial charge >= 0.3 is 0 Å². The fourth-order valence-corrected chi connectivity index (χ4v) is 1.92. The minimum atomic E-state index is -0.140. The van der Waals surface area contributed by atoms with Crippen LogP contribution in [0.15, 0.2) is 12.1 Å². The zero-order valence-corrected chi connectivity index (χ0v) is 14.3. The fraction of sp³-hybridized carbons (Fsp3) is 0.500. The van der Waals surface area contributed by atoms with Crippen LogP contribution in [0.25, 0.3) is 0 Å². The van der Waals surface area contributed by atoms with Crippen LogP contribution in [-0.4, -0.2) is 13.0 Å². The van der Waals surface area contributed by atoms with Crippen LogP contribution < -0.4 is 10.1 Å². The van der Waals surface area contributed by atoms with E-state index < -0.39 is 0 Å². The molecule has 18 heavy (non-hydrogen) atoms. The van der Waals surface area contributed by atoms with E-state index in [0.29, 0.717) is 0 Å². The van der Waals surface area contributed by atoms with Crippen molar-refractivity contribution in [2.75, 3.05) is 12.4 Å². The Morgan fingerprint density at radius 3 is 2.17 bits per heavy atom. The monoisotopic (exact) mass is 322 g/mol. The van der Waals surface area contributed by atoms with Gasteiger partial charge in [0.1, 0.15) is 5.75 Å². The summed E-state index contributed by atoms with van der Waals surface area (Å²) in [6.07, 6.45) is 1.99. The molecule has 1 amide bonds. The number of carbonyl (C=O) groups excluding carboxylic acids is 1. The van der Waals surface area contributed by atoms with Gasteiger partial charge in [0, 0.05) is 43.8 Å². The van der Waals surface area contributed by atoms with Crippen molar-refractivity contribution >= 4 is 11.6 Å². The van der Waals surface area contributed by atoms with Crippen LogP contribution in [0, 0.1) is 19.3 Å². The van der Waals surface area contributed by atoms with Crippen molar-refractivity contribution < 1.29 is 42.2 Å². The largest absolute Gasteiger partial charge is 0.497 e. The normalized spacial score (nSPS) is 15.6. The van der Waals surface area contributed by atoms with Gasteiger partial charge in [-0.3, -0.25) is 4.79 Å². The molecule has 1 aromatic rings. The summed E-state index contributed by atoms with van der Waals surface area (Å²) in [4.78, 5) is 12.0. The average Bonchev–Trinajstić information content (AvgIpc) is 3.02. The van der Waals surface area contributed by atoms with E-state index in [9.17, 15) is 4.79 Å². The van der Waals surface area contributed by atoms with Gasteiger partial charge in [-0.05, 0) is 49.9 Å². The van der Waals surface area contributed by atoms with Crippen molar-refractivity contribution in [2.24, 2.45) is 5.41 Å². The second-order valence-electron chi connectivity index (χ2n) is 5.15. The fourth-order valence-electron chi connectivity index (χ4n) is 1.92. The summed E-state index contributed by atoms with van der Waals surface area (Å²) < 4.78 is 5.20. The van der Waals surface area contributed by atoms with Crippen LogP contribution in [0.2, 0.25) is 0 Å². The number of aryl methyl sites for hydroxylation is 2. The van der Waals surface area contributed by atoms with Crippen LogP contribution in [0.4, 0.5) is 5.69 Å². The second-order valence-corrected chi connectivity index (χ2v) is 5.15. The Kier molecular flexibility index (Phi) is 4.96. The Morgan fingerprint density at radius 1 is 1.28 bits per heavy atom. The minimum Gasteiger partial charge on any atom is -0.497 e. The number of hydrogen-bond acceptors (Lipinski definition) is 2. The summed E-state index contributed by atoms with van der Waals surface area (Å²) in [6.45, 7) is 5.98. The van der Waals surface area contributed by atoms with E-state index >= 15 is 0 Å². The van der Waals surface area contributed by atoms with Gasteiger partial charge in [-0.1, -0.05) is 6.92 Å². The SMILES string of the molecule is COc1cc(C)c(NC(=O)C2(C)CC2)c(C)c1.[Y]. The van der Waals surface area contributed by atoms with Crippen molar-refractivity contribution in [3.8, 4) is 5.75 Å². The maximum atomic E-state index is 12.0. The Balaban J connectivity index is 0.00000162. The first-order valence-electron chi connectivity index (χ1n) is 5.93. The number of amides is 1. The summed E-state index contributed by atoms with van der Waals surface area (Å²) in [5.74, 6) is 0.962. The van der Waals surface area contributed by atoms with Gasteiger partial charge in [-0.25, -0.2) is 0 Å². The van der Waals surface area contributed by atoms with Crippen LogP contribution in [0.1, 0.15) is 30.9 Å². The number of benzene rings is 1. The molecule has 1 fully saturated rings. The van der Waals surface area contributed by atoms with Gasteiger partial charge in [0.05, 0.1) is 7.11 Å². The van der Waals surface area contributed by atoms with Crippen molar-refractivity contribution in [1.82, 2.24) is 0 Å². The molecule has 1 N–H and O–H groups in total. The minimum absolute atomic E-state index is 0. The smallest absolute Gasteiger partial charge is 0.230 e. The number of nitrogens with one attached hydrogen (secondary N) is 1. The molecular weight excluding hydrogens is 303 g/mol. The van der Waals surface area contributed by atoms with Gasteiger partial charge in [-0.2, -0.15) is 0 Å². The van der Waals surface area contributed by atoms with E-state index in [4.69, 9.17) is 4.74 Å². The predicted molar refractivity (Wildman–Crippen MR) is 68.4 cm³/mol. The summed E-state index contributed by atoms with van der Waals surface area (Å²) in [5, 5.41) is 3.04. The molecule has 1 radical (unpaired) electrons. The molecule has 0 atom stereocenters. The van der Waals surface area contributed by atoms with Crippen LogP contribution >= 0.6 is 0 Å². The van der Waals surface area contributed by atoms with Crippen LogP contribution in [0.5, 0.6) is 5.75 Å². The molecule has 2 rings (SSSR count). The molecule has 4 heteroatoms. The maximum Gasteiger partial charge on any atom is 0.230 e.